The number of carbonyl (C=O) groups excluding carboxylic acids is 1. The number of benzene rings is 1. The maximum absolute atomic E-state index is 13.5. The maximum Gasteiger partial charge on any atom is 0.274 e. The van der Waals surface area contributed by atoms with Crippen molar-refractivity contribution < 1.29 is 14.3 Å². The van der Waals surface area contributed by atoms with E-state index in [2.05, 4.69) is 48.8 Å². The molecule has 0 spiro atoms. The number of nitrogens with zero attached hydrogens (tertiary/aromatic N) is 8. The summed E-state index contributed by atoms with van der Waals surface area (Å²) in [6, 6.07) is 7.54. The van der Waals surface area contributed by atoms with Crippen LogP contribution in [-0.4, -0.2) is 73.1 Å². The number of aromatic nitrogens is 7. The third-order valence-corrected chi connectivity index (χ3v) is 7.23. The van der Waals surface area contributed by atoms with Crippen LogP contribution in [0.5, 0.6) is 5.75 Å². The second kappa shape index (κ2) is 9.21. The Labute approximate surface area is 218 Å². The largest absolute Gasteiger partial charge is 0.489 e. The molecule has 194 valence electrons. The average molecular weight is 514 g/mol. The molecule has 0 bridgehead atoms. The Morgan fingerprint density at radius 1 is 1.13 bits per heavy atom. The van der Waals surface area contributed by atoms with Crippen molar-refractivity contribution in [1.29, 1.82) is 0 Å². The van der Waals surface area contributed by atoms with Crippen molar-refractivity contribution in [2.75, 3.05) is 36.6 Å². The van der Waals surface area contributed by atoms with Gasteiger partial charge >= 0.3 is 0 Å². The zero-order chi connectivity index (χ0) is 25.6. The number of anilines is 2. The first-order chi connectivity index (χ1) is 18.7. The van der Waals surface area contributed by atoms with Crippen molar-refractivity contribution in [3.63, 3.8) is 0 Å². The fourth-order valence-electron chi connectivity index (χ4n) is 5.07. The fraction of sp³-hybridized carbons (Fsp3) is 0.385. The molecule has 38 heavy (non-hydrogen) atoms. The van der Waals surface area contributed by atoms with E-state index in [1.54, 1.807) is 16.9 Å². The second-order valence-corrected chi connectivity index (χ2v) is 9.87. The first-order valence-corrected chi connectivity index (χ1v) is 12.9. The van der Waals surface area contributed by atoms with Gasteiger partial charge in [0.05, 0.1) is 60.6 Å². The van der Waals surface area contributed by atoms with Crippen LogP contribution in [0.3, 0.4) is 0 Å². The van der Waals surface area contributed by atoms with Gasteiger partial charge in [-0.25, -0.2) is 14.6 Å². The molecule has 1 atom stereocenters. The molecule has 2 fully saturated rings. The molecule has 1 aromatic carbocycles. The maximum atomic E-state index is 13.5. The summed E-state index contributed by atoms with van der Waals surface area (Å²) in [6.45, 7) is 5.07. The van der Waals surface area contributed by atoms with Gasteiger partial charge in [-0.1, -0.05) is 6.07 Å². The van der Waals surface area contributed by atoms with Crippen LogP contribution in [0.2, 0.25) is 0 Å². The summed E-state index contributed by atoms with van der Waals surface area (Å²) in [5.41, 5.74) is 4.45. The number of carbonyl (C=O) groups is 1. The van der Waals surface area contributed by atoms with E-state index in [-0.39, 0.29) is 11.9 Å². The Bertz CT molecular complexity index is 1510. The van der Waals surface area contributed by atoms with Crippen molar-refractivity contribution in [1.82, 2.24) is 34.7 Å². The monoisotopic (exact) mass is 513 g/mol. The molecule has 1 saturated heterocycles. The Morgan fingerprint density at radius 2 is 2.05 bits per heavy atom. The number of hydrogen-bond acceptors (Lipinski definition) is 9. The summed E-state index contributed by atoms with van der Waals surface area (Å²) in [5.74, 6) is 1.33. The molecule has 12 heteroatoms. The normalized spacial score (nSPS) is 18.8. The molecule has 5 heterocycles. The lowest BCUT2D eigenvalue weighted by Gasteiger charge is -2.36. The molecule has 3 aliphatic rings. The third-order valence-electron chi connectivity index (χ3n) is 7.23. The number of rotatable bonds is 5. The number of ether oxygens (including phenoxy) is 2. The SMILES string of the molecule is C[C@@H]1COCCN1c1cnc(C(=O)Nc2cccc3c2OCCn2nnnc2-3)cc1-n1cnc(C2CC2)c1. The molecule has 1 saturated carbocycles. The molecule has 4 aromatic rings. The Morgan fingerprint density at radius 3 is 2.92 bits per heavy atom. The average Bonchev–Trinajstić information content (AvgIpc) is 3.54. The number of morpholine rings is 1. The van der Waals surface area contributed by atoms with E-state index in [0.29, 0.717) is 55.2 Å². The minimum absolute atomic E-state index is 0.184. The minimum atomic E-state index is -0.337. The number of amides is 1. The third kappa shape index (κ3) is 4.06. The molecular weight excluding hydrogens is 486 g/mol. The van der Waals surface area contributed by atoms with Gasteiger partial charge in [-0.05, 0) is 48.4 Å². The van der Waals surface area contributed by atoms with E-state index in [1.807, 2.05) is 29.1 Å². The van der Waals surface area contributed by atoms with E-state index < -0.39 is 0 Å². The van der Waals surface area contributed by atoms with Crippen molar-refractivity contribution in [2.24, 2.45) is 0 Å². The van der Waals surface area contributed by atoms with Gasteiger partial charge < -0.3 is 24.3 Å². The lowest BCUT2D eigenvalue weighted by atomic mass is 10.1. The van der Waals surface area contributed by atoms with Crippen LogP contribution >= 0.6 is 0 Å². The highest BCUT2D eigenvalue weighted by Crippen LogP contribution is 2.40. The van der Waals surface area contributed by atoms with Gasteiger partial charge in [0.1, 0.15) is 12.3 Å². The Hall–Kier alpha value is -4.32. The van der Waals surface area contributed by atoms with Crippen LogP contribution < -0.4 is 15.0 Å². The molecule has 0 unspecified atom stereocenters. The van der Waals surface area contributed by atoms with Crippen LogP contribution in [0.25, 0.3) is 17.1 Å². The predicted octanol–water partition coefficient (Wildman–Crippen LogP) is 2.67. The molecule has 1 N–H and O–H groups in total. The molecule has 1 amide bonds. The summed E-state index contributed by atoms with van der Waals surface area (Å²) >= 11 is 0. The number of fused-ring (bicyclic) bond motifs is 3. The van der Waals surface area contributed by atoms with Crippen LogP contribution in [-0.2, 0) is 11.3 Å². The smallest absolute Gasteiger partial charge is 0.274 e. The lowest BCUT2D eigenvalue weighted by Crippen LogP contribution is -2.44. The molecule has 0 radical (unpaired) electrons. The highest BCUT2D eigenvalue weighted by molar-refractivity contribution is 6.05. The van der Waals surface area contributed by atoms with E-state index in [0.717, 1.165) is 29.2 Å². The second-order valence-electron chi connectivity index (χ2n) is 9.87. The number of para-hydroxylation sites is 1. The predicted molar refractivity (Wildman–Crippen MR) is 138 cm³/mol. The number of pyridine rings is 1. The summed E-state index contributed by atoms with van der Waals surface area (Å²) in [5, 5.41) is 14.9. The number of nitrogens with one attached hydrogen (secondary N) is 1. The van der Waals surface area contributed by atoms with Crippen LogP contribution in [0.1, 0.15) is 41.9 Å². The molecule has 2 aliphatic heterocycles. The quantitative estimate of drug-likeness (QED) is 0.429. The summed E-state index contributed by atoms with van der Waals surface area (Å²) in [7, 11) is 0. The molecule has 3 aromatic heterocycles. The first kappa shape index (κ1) is 22.8. The molecule has 12 nitrogen and oxygen atoms in total. The number of hydrogen-bond donors (Lipinski definition) is 1. The van der Waals surface area contributed by atoms with Gasteiger partial charge in [0.15, 0.2) is 11.6 Å². The van der Waals surface area contributed by atoms with E-state index in [4.69, 9.17) is 9.47 Å². The van der Waals surface area contributed by atoms with Crippen LogP contribution in [0, 0.1) is 0 Å². The van der Waals surface area contributed by atoms with Gasteiger partial charge in [-0.3, -0.25) is 4.79 Å². The van der Waals surface area contributed by atoms with Gasteiger partial charge in [-0.2, -0.15) is 0 Å². The lowest BCUT2D eigenvalue weighted by molar-refractivity contribution is 0.0988. The van der Waals surface area contributed by atoms with E-state index in [9.17, 15) is 4.79 Å². The van der Waals surface area contributed by atoms with Crippen molar-refractivity contribution in [3.8, 4) is 22.8 Å². The number of imidazole rings is 1. The number of tetrazole rings is 1. The van der Waals surface area contributed by atoms with Crippen molar-refractivity contribution in [2.45, 2.75) is 38.3 Å². The highest BCUT2D eigenvalue weighted by atomic mass is 16.5. The summed E-state index contributed by atoms with van der Waals surface area (Å²) in [4.78, 5) is 25.0. The van der Waals surface area contributed by atoms with E-state index in [1.165, 1.54) is 12.8 Å². The minimum Gasteiger partial charge on any atom is -0.489 e. The standard InChI is InChI=1S/C26H27N9O3/c1-16-14-37-9-7-34(16)23-12-27-20(11-22(23)33-13-21(28-15-33)17-5-6-17)26(36)29-19-4-2-3-18-24(19)38-10-8-35-25(18)30-31-32-35/h2-4,11-13,15-17H,5-10,14H2,1H3,(H,29,36)/t16-/m1/s1. The molecule has 7 rings (SSSR count). The molecular formula is C26H27N9O3. The van der Waals surface area contributed by atoms with Gasteiger partial charge in [0, 0.05) is 24.7 Å². The zero-order valence-electron chi connectivity index (χ0n) is 20.9. The van der Waals surface area contributed by atoms with Gasteiger partial charge in [0.25, 0.3) is 5.91 Å². The Kier molecular flexibility index (Phi) is 5.54. The van der Waals surface area contributed by atoms with Crippen molar-refractivity contribution >= 4 is 17.3 Å². The fourth-order valence-corrected chi connectivity index (χ4v) is 5.07. The van der Waals surface area contributed by atoms with Crippen LogP contribution in [0.4, 0.5) is 11.4 Å². The summed E-state index contributed by atoms with van der Waals surface area (Å²) < 4.78 is 15.3. The molecule has 1 aliphatic carbocycles. The van der Waals surface area contributed by atoms with Gasteiger partial charge in [0.2, 0.25) is 0 Å². The van der Waals surface area contributed by atoms with E-state index >= 15 is 0 Å². The first-order valence-electron chi connectivity index (χ1n) is 12.9. The van der Waals surface area contributed by atoms with Gasteiger partial charge in [-0.15, -0.1) is 5.10 Å². The Balaban J connectivity index is 1.24. The topological polar surface area (TPSA) is 125 Å². The summed E-state index contributed by atoms with van der Waals surface area (Å²) in [6.07, 6.45) is 8.01. The highest BCUT2D eigenvalue weighted by Gasteiger charge is 2.28. The zero-order valence-corrected chi connectivity index (χ0v) is 20.9. The van der Waals surface area contributed by atoms with Crippen LogP contribution in [0.15, 0.2) is 43.0 Å². The van der Waals surface area contributed by atoms with Crippen molar-refractivity contribution in [3.05, 3.63) is 54.4 Å².